The average Bonchev–Trinajstić information content (AvgIpc) is 2.61. The lowest BCUT2D eigenvalue weighted by Gasteiger charge is -2.29. The Bertz CT molecular complexity index is 388. The predicted octanol–water partition coefficient (Wildman–Crippen LogP) is 2.86. The summed E-state index contributed by atoms with van der Waals surface area (Å²) in [5.74, 6) is 0.865. The highest BCUT2D eigenvalue weighted by Crippen LogP contribution is 2.20. The van der Waals surface area contributed by atoms with E-state index in [0.717, 1.165) is 12.5 Å². The van der Waals surface area contributed by atoms with Gasteiger partial charge in [-0.05, 0) is 62.4 Å². The van der Waals surface area contributed by atoms with Crippen LogP contribution >= 0.6 is 12.4 Å². The third-order valence-electron chi connectivity index (χ3n) is 4.35. The highest BCUT2D eigenvalue weighted by molar-refractivity contribution is 5.85. The van der Waals surface area contributed by atoms with E-state index < -0.39 is 0 Å². The Labute approximate surface area is 123 Å². The molecule has 1 fully saturated rings. The lowest BCUT2D eigenvalue weighted by molar-refractivity contribution is 0.203. The number of nitrogens with one attached hydrogen (secondary N) is 1. The number of hydrogen-bond acceptors (Lipinski definition) is 2. The van der Waals surface area contributed by atoms with Crippen LogP contribution in [-0.4, -0.2) is 31.1 Å². The second-order valence-electron chi connectivity index (χ2n) is 5.82. The first-order valence-corrected chi connectivity index (χ1v) is 7.41. The first kappa shape index (κ1) is 14.8. The lowest BCUT2D eigenvalue weighted by atomic mass is 9.99. The molecule has 106 valence electrons. The Hall–Kier alpha value is -0.570. The molecule has 2 aliphatic heterocycles. The van der Waals surface area contributed by atoms with Gasteiger partial charge in [-0.3, -0.25) is 4.90 Å². The molecule has 2 nitrogen and oxygen atoms in total. The molecule has 0 radical (unpaired) electrons. The number of piperidine rings is 1. The summed E-state index contributed by atoms with van der Waals surface area (Å²) in [5, 5.41) is 3.53. The summed E-state index contributed by atoms with van der Waals surface area (Å²) in [6.45, 7) is 6.15. The van der Waals surface area contributed by atoms with Crippen LogP contribution in [0.5, 0.6) is 0 Å². The van der Waals surface area contributed by atoms with Crippen molar-refractivity contribution in [1.82, 2.24) is 10.2 Å². The fraction of sp³-hybridized carbons (Fsp3) is 0.625. The van der Waals surface area contributed by atoms with Gasteiger partial charge in [-0.2, -0.15) is 0 Å². The van der Waals surface area contributed by atoms with Gasteiger partial charge in [-0.25, -0.2) is 0 Å². The molecule has 3 rings (SSSR count). The minimum atomic E-state index is 0. The second kappa shape index (κ2) is 7.28. The quantitative estimate of drug-likeness (QED) is 0.896. The van der Waals surface area contributed by atoms with E-state index in [1.54, 1.807) is 11.1 Å². The van der Waals surface area contributed by atoms with Gasteiger partial charge in [-0.1, -0.05) is 24.3 Å². The molecule has 0 spiro atoms. The molecule has 19 heavy (non-hydrogen) atoms. The number of fused-ring (bicyclic) bond motifs is 1. The average molecular weight is 281 g/mol. The maximum absolute atomic E-state index is 3.53. The van der Waals surface area contributed by atoms with Crippen LogP contribution in [0, 0.1) is 5.92 Å². The number of halogens is 1. The van der Waals surface area contributed by atoms with Gasteiger partial charge >= 0.3 is 0 Å². The highest BCUT2D eigenvalue weighted by Gasteiger charge is 2.19. The van der Waals surface area contributed by atoms with E-state index in [4.69, 9.17) is 0 Å². The van der Waals surface area contributed by atoms with E-state index in [9.17, 15) is 0 Å². The van der Waals surface area contributed by atoms with E-state index in [0.29, 0.717) is 0 Å². The van der Waals surface area contributed by atoms with Gasteiger partial charge in [0.25, 0.3) is 0 Å². The fourth-order valence-corrected chi connectivity index (χ4v) is 3.37. The summed E-state index contributed by atoms with van der Waals surface area (Å²) >= 11 is 0. The molecule has 2 aliphatic rings. The van der Waals surface area contributed by atoms with Gasteiger partial charge in [0, 0.05) is 13.1 Å². The molecule has 1 N–H and O–H groups in total. The Balaban J connectivity index is 0.00000133. The Morgan fingerprint density at radius 1 is 1.16 bits per heavy atom. The molecule has 1 unspecified atom stereocenters. The van der Waals surface area contributed by atoms with E-state index in [1.807, 2.05) is 0 Å². The maximum atomic E-state index is 3.53. The molecule has 0 saturated carbocycles. The smallest absolute Gasteiger partial charge is 0.0236 e. The van der Waals surface area contributed by atoms with Crippen molar-refractivity contribution in [3.05, 3.63) is 35.4 Å². The largest absolute Gasteiger partial charge is 0.316 e. The van der Waals surface area contributed by atoms with Gasteiger partial charge < -0.3 is 5.32 Å². The van der Waals surface area contributed by atoms with E-state index >= 15 is 0 Å². The molecule has 0 aromatic heterocycles. The molecule has 1 aromatic carbocycles. The predicted molar refractivity (Wildman–Crippen MR) is 82.9 cm³/mol. The SMILES string of the molecule is Cl.c1ccc2c(c1)CCCN(CC1CCCNC1)C2. The van der Waals surface area contributed by atoms with Crippen LogP contribution in [0.3, 0.4) is 0 Å². The molecular weight excluding hydrogens is 256 g/mol. The summed E-state index contributed by atoms with van der Waals surface area (Å²) in [6.07, 6.45) is 5.34. The third kappa shape index (κ3) is 3.95. The Morgan fingerprint density at radius 3 is 2.79 bits per heavy atom. The lowest BCUT2D eigenvalue weighted by Crippen LogP contribution is -2.38. The monoisotopic (exact) mass is 280 g/mol. The van der Waals surface area contributed by atoms with Crippen molar-refractivity contribution in [2.24, 2.45) is 5.92 Å². The molecule has 0 amide bonds. The van der Waals surface area contributed by atoms with Crippen LogP contribution < -0.4 is 5.32 Å². The van der Waals surface area contributed by atoms with Crippen molar-refractivity contribution < 1.29 is 0 Å². The van der Waals surface area contributed by atoms with Crippen LogP contribution in [0.1, 0.15) is 30.4 Å². The molecule has 1 atom stereocenters. The van der Waals surface area contributed by atoms with E-state index in [2.05, 4.69) is 34.5 Å². The minimum Gasteiger partial charge on any atom is -0.316 e. The Kier molecular flexibility index (Phi) is 5.68. The summed E-state index contributed by atoms with van der Waals surface area (Å²) in [4.78, 5) is 2.67. The molecule has 1 saturated heterocycles. The number of rotatable bonds is 2. The van der Waals surface area contributed by atoms with Gasteiger partial charge in [0.15, 0.2) is 0 Å². The van der Waals surface area contributed by atoms with Crippen LogP contribution in [0.4, 0.5) is 0 Å². The van der Waals surface area contributed by atoms with Crippen LogP contribution in [0.25, 0.3) is 0 Å². The third-order valence-corrected chi connectivity index (χ3v) is 4.35. The first-order valence-electron chi connectivity index (χ1n) is 7.41. The zero-order valence-electron chi connectivity index (χ0n) is 11.6. The summed E-state index contributed by atoms with van der Waals surface area (Å²) in [7, 11) is 0. The number of aryl methyl sites for hydroxylation is 1. The highest BCUT2D eigenvalue weighted by atomic mass is 35.5. The van der Waals surface area contributed by atoms with Crippen molar-refractivity contribution in [3.8, 4) is 0 Å². The second-order valence-corrected chi connectivity index (χ2v) is 5.82. The standard InChI is InChI=1S/C16H24N2.ClH/c1-2-7-16-13-18(10-4-8-15(16)6-1)12-14-5-3-9-17-11-14;/h1-2,6-7,14,17H,3-5,8-13H2;1H. The number of hydrogen-bond donors (Lipinski definition) is 1. The molecular formula is C16H25ClN2. The van der Waals surface area contributed by atoms with Crippen molar-refractivity contribution in [3.63, 3.8) is 0 Å². The van der Waals surface area contributed by atoms with Gasteiger partial charge in [-0.15, -0.1) is 12.4 Å². The van der Waals surface area contributed by atoms with Crippen LogP contribution in [0.2, 0.25) is 0 Å². The Morgan fingerprint density at radius 2 is 2.00 bits per heavy atom. The van der Waals surface area contributed by atoms with Crippen LogP contribution in [-0.2, 0) is 13.0 Å². The topological polar surface area (TPSA) is 15.3 Å². The maximum Gasteiger partial charge on any atom is 0.0236 e. The normalized spacial score (nSPS) is 24.1. The fourth-order valence-electron chi connectivity index (χ4n) is 3.37. The summed E-state index contributed by atoms with van der Waals surface area (Å²) < 4.78 is 0. The zero-order valence-corrected chi connectivity index (χ0v) is 12.4. The number of nitrogens with zero attached hydrogens (tertiary/aromatic N) is 1. The van der Waals surface area contributed by atoms with Gasteiger partial charge in [0.1, 0.15) is 0 Å². The van der Waals surface area contributed by atoms with Crippen molar-refractivity contribution in [1.29, 1.82) is 0 Å². The summed E-state index contributed by atoms with van der Waals surface area (Å²) in [6, 6.07) is 8.98. The van der Waals surface area contributed by atoms with Crippen molar-refractivity contribution in [2.75, 3.05) is 26.2 Å². The van der Waals surface area contributed by atoms with E-state index in [-0.39, 0.29) is 12.4 Å². The minimum absolute atomic E-state index is 0. The van der Waals surface area contributed by atoms with E-state index in [1.165, 1.54) is 51.9 Å². The van der Waals surface area contributed by atoms with Gasteiger partial charge in [0.2, 0.25) is 0 Å². The van der Waals surface area contributed by atoms with Crippen molar-refractivity contribution in [2.45, 2.75) is 32.2 Å². The molecule has 0 bridgehead atoms. The summed E-state index contributed by atoms with van der Waals surface area (Å²) in [5.41, 5.74) is 3.13. The van der Waals surface area contributed by atoms with Gasteiger partial charge in [0.05, 0.1) is 0 Å². The first-order chi connectivity index (χ1) is 8.92. The zero-order chi connectivity index (χ0) is 12.2. The molecule has 3 heteroatoms. The van der Waals surface area contributed by atoms with Crippen LogP contribution in [0.15, 0.2) is 24.3 Å². The molecule has 1 aromatic rings. The number of benzene rings is 1. The molecule has 2 heterocycles. The van der Waals surface area contributed by atoms with Crippen molar-refractivity contribution >= 4 is 12.4 Å². The molecule has 0 aliphatic carbocycles.